The molecule has 0 aliphatic rings. The Hall–Kier alpha value is -1.78. The van der Waals surface area contributed by atoms with Crippen molar-refractivity contribution < 1.29 is 9.47 Å². The number of nitrogens with one attached hydrogen (secondary N) is 1. The van der Waals surface area contributed by atoms with Crippen LogP contribution in [0.5, 0.6) is 5.75 Å². The zero-order valence-electron chi connectivity index (χ0n) is 16.1. The van der Waals surface area contributed by atoms with Gasteiger partial charge in [-0.15, -0.1) is 12.4 Å². The molecule has 0 fully saturated rings. The molecule has 0 spiro atoms. The van der Waals surface area contributed by atoms with E-state index in [0.717, 1.165) is 49.1 Å². The Morgan fingerprint density at radius 1 is 0.964 bits per heavy atom. The van der Waals surface area contributed by atoms with Gasteiger partial charge in [0.1, 0.15) is 12.4 Å². The number of halogens is 2. The van der Waals surface area contributed by atoms with Crippen molar-refractivity contribution in [1.29, 1.82) is 0 Å². The second-order valence-electron chi connectivity index (χ2n) is 6.37. The number of hydrogen-bond acceptors (Lipinski definition) is 3. The van der Waals surface area contributed by atoms with Crippen molar-refractivity contribution in [2.24, 2.45) is 0 Å². The van der Waals surface area contributed by atoms with Gasteiger partial charge in [-0.25, -0.2) is 0 Å². The molecule has 3 rings (SSSR count). The lowest BCUT2D eigenvalue weighted by molar-refractivity contribution is 0.144. The van der Waals surface area contributed by atoms with Crippen LogP contribution in [0.1, 0.15) is 24.5 Å². The minimum atomic E-state index is 0. The Bertz CT molecular complexity index is 870. The van der Waals surface area contributed by atoms with E-state index in [4.69, 9.17) is 21.1 Å². The predicted octanol–water partition coefficient (Wildman–Crippen LogP) is 6.01. The van der Waals surface area contributed by atoms with Crippen molar-refractivity contribution in [3.8, 4) is 5.75 Å². The Morgan fingerprint density at radius 3 is 2.57 bits per heavy atom. The second kappa shape index (κ2) is 11.9. The van der Waals surface area contributed by atoms with Crippen LogP contribution in [-0.2, 0) is 17.9 Å². The summed E-state index contributed by atoms with van der Waals surface area (Å²) in [6.45, 7) is 5.69. The van der Waals surface area contributed by atoms with E-state index in [1.807, 2.05) is 31.2 Å². The molecule has 0 unspecified atom stereocenters. The van der Waals surface area contributed by atoms with E-state index in [9.17, 15) is 0 Å². The summed E-state index contributed by atoms with van der Waals surface area (Å²) in [5.74, 6) is 0.894. The Kier molecular flexibility index (Phi) is 9.59. The first-order chi connectivity index (χ1) is 13.3. The van der Waals surface area contributed by atoms with E-state index in [1.165, 1.54) is 16.3 Å². The molecule has 0 aliphatic heterocycles. The maximum atomic E-state index is 6.27. The molecule has 0 saturated heterocycles. The van der Waals surface area contributed by atoms with Gasteiger partial charge in [-0.1, -0.05) is 60.1 Å². The molecule has 0 aliphatic carbocycles. The van der Waals surface area contributed by atoms with E-state index >= 15 is 0 Å². The number of benzene rings is 3. The Labute approximate surface area is 178 Å². The maximum Gasteiger partial charge on any atom is 0.124 e. The molecule has 1 N–H and O–H groups in total. The zero-order chi connectivity index (χ0) is 18.9. The van der Waals surface area contributed by atoms with Crippen molar-refractivity contribution in [2.75, 3.05) is 19.8 Å². The normalized spacial score (nSPS) is 10.6. The highest BCUT2D eigenvalue weighted by Gasteiger charge is 2.10. The van der Waals surface area contributed by atoms with Gasteiger partial charge >= 0.3 is 0 Å². The van der Waals surface area contributed by atoms with E-state index < -0.39 is 0 Å². The smallest absolute Gasteiger partial charge is 0.124 e. The van der Waals surface area contributed by atoms with Crippen LogP contribution in [0, 0.1) is 0 Å². The maximum absolute atomic E-state index is 6.27. The summed E-state index contributed by atoms with van der Waals surface area (Å²) < 4.78 is 11.6. The highest BCUT2D eigenvalue weighted by molar-refractivity contribution is 6.31. The largest absolute Gasteiger partial charge is 0.488 e. The predicted molar refractivity (Wildman–Crippen MR) is 120 cm³/mol. The van der Waals surface area contributed by atoms with Gasteiger partial charge in [0.2, 0.25) is 0 Å². The summed E-state index contributed by atoms with van der Waals surface area (Å²) in [6.07, 6.45) is 0.994. The topological polar surface area (TPSA) is 30.5 Å². The lowest BCUT2D eigenvalue weighted by Gasteiger charge is -2.16. The highest BCUT2D eigenvalue weighted by Crippen LogP contribution is 2.29. The Balaban J connectivity index is 0.00000280. The van der Waals surface area contributed by atoms with Crippen LogP contribution < -0.4 is 10.1 Å². The third-order valence-electron chi connectivity index (χ3n) is 4.49. The Morgan fingerprint density at radius 2 is 1.75 bits per heavy atom. The molecule has 0 aromatic heterocycles. The molecule has 150 valence electrons. The summed E-state index contributed by atoms with van der Waals surface area (Å²) in [5, 5.41) is 6.68. The molecule has 3 nitrogen and oxygen atoms in total. The van der Waals surface area contributed by atoms with Crippen molar-refractivity contribution in [1.82, 2.24) is 5.32 Å². The minimum absolute atomic E-state index is 0. The molecule has 0 heterocycles. The van der Waals surface area contributed by atoms with Crippen molar-refractivity contribution in [2.45, 2.75) is 26.5 Å². The van der Waals surface area contributed by atoms with E-state index in [2.05, 4.69) is 41.7 Å². The second-order valence-corrected chi connectivity index (χ2v) is 6.78. The van der Waals surface area contributed by atoms with Gasteiger partial charge in [0.15, 0.2) is 0 Å². The van der Waals surface area contributed by atoms with Gasteiger partial charge in [-0.2, -0.15) is 0 Å². The zero-order valence-corrected chi connectivity index (χ0v) is 17.7. The third kappa shape index (κ3) is 6.11. The summed E-state index contributed by atoms with van der Waals surface area (Å²) in [4.78, 5) is 0. The summed E-state index contributed by atoms with van der Waals surface area (Å²) in [6, 6.07) is 20.4. The van der Waals surface area contributed by atoms with Crippen LogP contribution >= 0.6 is 24.0 Å². The fourth-order valence-corrected chi connectivity index (χ4v) is 3.25. The lowest BCUT2D eigenvalue weighted by Crippen LogP contribution is -2.17. The molecule has 0 bridgehead atoms. The molecule has 0 atom stereocenters. The summed E-state index contributed by atoms with van der Waals surface area (Å²) in [5.41, 5.74) is 2.17. The molecule has 0 amide bonds. The van der Waals surface area contributed by atoms with Crippen LogP contribution in [0.25, 0.3) is 10.8 Å². The van der Waals surface area contributed by atoms with Gasteiger partial charge in [0.05, 0.1) is 0 Å². The van der Waals surface area contributed by atoms with Crippen LogP contribution in [0.2, 0.25) is 5.02 Å². The van der Waals surface area contributed by atoms with E-state index in [0.29, 0.717) is 6.61 Å². The molecule has 3 aromatic carbocycles. The van der Waals surface area contributed by atoms with E-state index in [1.54, 1.807) is 0 Å². The van der Waals surface area contributed by atoms with Gasteiger partial charge in [-0.3, -0.25) is 0 Å². The van der Waals surface area contributed by atoms with Crippen molar-refractivity contribution in [3.63, 3.8) is 0 Å². The number of ether oxygens (including phenoxy) is 2. The number of rotatable bonds is 10. The molecule has 0 radical (unpaired) electrons. The fraction of sp³-hybridized carbons (Fsp3) is 0.304. The minimum Gasteiger partial charge on any atom is -0.488 e. The third-order valence-corrected chi connectivity index (χ3v) is 4.86. The van der Waals surface area contributed by atoms with Crippen molar-refractivity contribution in [3.05, 3.63) is 76.8 Å². The molecule has 28 heavy (non-hydrogen) atoms. The van der Waals surface area contributed by atoms with Crippen LogP contribution in [-0.4, -0.2) is 19.8 Å². The van der Waals surface area contributed by atoms with Gasteiger partial charge in [-0.05, 0) is 42.8 Å². The first-order valence-corrected chi connectivity index (χ1v) is 9.82. The van der Waals surface area contributed by atoms with Crippen LogP contribution in [0.3, 0.4) is 0 Å². The quantitative estimate of drug-likeness (QED) is 0.408. The summed E-state index contributed by atoms with van der Waals surface area (Å²) >= 11 is 6.27. The number of hydrogen-bond donors (Lipinski definition) is 1. The van der Waals surface area contributed by atoms with Crippen molar-refractivity contribution >= 4 is 34.8 Å². The molecule has 5 heteroatoms. The first kappa shape index (κ1) is 22.5. The fourth-order valence-electron chi connectivity index (χ4n) is 3.06. The first-order valence-electron chi connectivity index (χ1n) is 9.45. The SMILES string of the molecule is CCOCCCNCc1c(OCc2ccccc2Cl)ccc2ccccc12.Cl. The standard InChI is InChI=1S/C23H26ClNO2.ClH/c1-2-26-15-7-14-25-16-21-20-10-5-3-8-18(20)12-13-23(21)27-17-19-9-4-6-11-22(19)24;/h3-6,8-13,25H,2,7,14-17H2,1H3;1H. The average Bonchev–Trinajstić information content (AvgIpc) is 2.70. The van der Waals surface area contributed by atoms with E-state index in [-0.39, 0.29) is 12.4 Å². The highest BCUT2D eigenvalue weighted by atomic mass is 35.5. The summed E-state index contributed by atoms with van der Waals surface area (Å²) in [7, 11) is 0. The molecular formula is C23H27Cl2NO2. The molecule has 3 aromatic rings. The average molecular weight is 420 g/mol. The van der Waals surface area contributed by atoms with Gasteiger partial charge < -0.3 is 14.8 Å². The van der Waals surface area contributed by atoms with Gasteiger partial charge in [0.25, 0.3) is 0 Å². The number of fused-ring (bicyclic) bond motifs is 1. The van der Waals surface area contributed by atoms with Crippen LogP contribution in [0.4, 0.5) is 0 Å². The molecule has 0 saturated carbocycles. The lowest BCUT2D eigenvalue weighted by atomic mass is 10.0. The monoisotopic (exact) mass is 419 g/mol. The molecular weight excluding hydrogens is 393 g/mol. The van der Waals surface area contributed by atoms with Gasteiger partial charge in [0, 0.05) is 35.9 Å². The van der Waals surface area contributed by atoms with Crippen LogP contribution in [0.15, 0.2) is 60.7 Å².